The van der Waals surface area contributed by atoms with Crippen LogP contribution in [0.3, 0.4) is 0 Å². The minimum Gasteiger partial charge on any atom is -0.337 e. The largest absolute Gasteiger partial charge is 0.337 e. The molecule has 2 aromatic carbocycles. The Morgan fingerprint density at radius 3 is 2.36 bits per heavy atom. The van der Waals surface area contributed by atoms with E-state index in [2.05, 4.69) is 0 Å². The molecule has 3 rings (SSSR count). The number of halogens is 2. The molecule has 1 aliphatic rings. The predicted octanol–water partition coefficient (Wildman–Crippen LogP) is 3.68. The second-order valence-electron chi connectivity index (χ2n) is 6.47. The Bertz CT molecular complexity index is 970. The lowest BCUT2D eigenvalue weighted by Crippen LogP contribution is -2.50. The van der Waals surface area contributed by atoms with Crippen molar-refractivity contribution in [2.24, 2.45) is 0 Å². The molecule has 28 heavy (non-hydrogen) atoms. The zero-order chi connectivity index (χ0) is 20.1. The van der Waals surface area contributed by atoms with Gasteiger partial charge in [-0.3, -0.25) is 4.79 Å². The molecule has 5 nitrogen and oxygen atoms in total. The van der Waals surface area contributed by atoms with Crippen LogP contribution in [0.1, 0.15) is 11.1 Å². The summed E-state index contributed by atoms with van der Waals surface area (Å²) in [6, 6.07) is 14.1. The summed E-state index contributed by atoms with van der Waals surface area (Å²) in [5.74, 6) is -0.217. The van der Waals surface area contributed by atoms with E-state index in [4.69, 9.17) is 23.2 Å². The van der Waals surface area contributed by atoms with E-state index in [-0.39, 0.29) is 24.7 Å². The van der Waals surface area contributed by atoms with Crippen molar-refractivity contribution in [2.75, 3.05) is 26.2 Å². The summed E-state index contributed by atoms with van der Waals surface area (Å²) >= 11 is 12.0. The molecule has 1 fully saturated rings. The van der Waals surface area contributed by atoms with Crippen LogP contribution >= 0.6 is 23.2 Å². The number of rotatable bonds is 5. The van der Waals surface area contributed by atoms with Gasteiger partial charge in [0.15, 0.2) is 0 Å². The van der Waals surface area contributed by atoms with Crippen LogP contribution in [0.2, 0.25) is 10.0 Å². The van der Waals surface area contributed by atoms with Crippen molar-refractivity contribution < 1.29 is 13.2 Å². The highest BCUT2D eigenvalue weighted by Gasteiger charge is 2.28. The van der Waals surface area contributed by atoms with Crippen LogP contribution in [-0.4, -0.2) is 49.7 Å². The topological polar surface area (TPSA) is 57.7 Å². The fourth-order valence-electron chi connectivity index (χ4n) is 2.97. The lowest BCUT2D eigenvalue weighted by atomic mass is 10.2. The molecule has 148 valence electrons. The van der Waals surface area contributed by atoms with Crippen molar-refractivity contribution in [2.45, 2.75) is 5.75 Å². The van der Waals surface area contributed by atoms with E-state index in [1.807, 2.05) is 18.2 Å². The van der Waals surface area contributed by atoms with Gasteiger partial charge in [0.25, 0.3) is 0 Å². The Labute approximate surface area is 175 Å². The standard InChI is InChI=1S/C20H20Cl2N2O3S/c21-18-7-8-19(22)17(14-18)6-9-20(25)23-10-12-24(13-11-23)28(26,27)15-16-4-2-1-3-5-16/h1-9,14H,10-13,15H2/b9-6+. The highest BCUT2D eigenvalue weighted by Crippen LogP contribution is 2.22. The van der Waals surface area contributed by atoms with Crippen LogP contribution in [0.25, 0.3) is 6.08 Å². The predicted molar refractivity (Wildman–Crippen MR) is 113 cm³/mol. The summed E-state index contributed by atoms with van der Waals surface area (Å²) < 4.78 is 26.6. The molecule has 0 aliphatic carbocycles. The van der Waals surface area contributed by atoms with Crippen molar-refractivity contribution in [1.29, 1.82) is 0 Å². The maximum atomic E-state index is 12.6. The molecule has 2 aromatic rings. The molecule has 1 saturated heterocycles. The van der Waals surface area contributed by atoms with E-state index in [1.165, 1.54) is 10.4 Å². The van der Waals surface area contributed by atoms with E-state index < -0.39 is 10.0 Å². The molecule has 0 N–H and O–H groups in total. The zero-order valence-corrected chi connectivity index (χ0v) is 17.4. The third kappa shape index (κ3) is 5.35. The highest BCUT2D eigenvalue weighted by molar-refractivity contribution is 7.88. The van der Waals surface area contributed by atoms with Crippen LogP contribution in [-0.2, 0) is 20.6 Å². The average molecular weight is 439 g/mol. The number of carbonyl (C=O) groups excluding carboxylic acids is 1. The monoisotopic (exact) mass is 438 g/mol. The van der Waals surface area contributed by atoms with E-state index in [9.17, 15) is 13.2 Å². The number of carbonyl (C=O) groups is 1. The van der Waals surface area contributed by atoms with Crippen molar-refractivity contribution in [3.8, 4) is 0 Å². The Morgan fingerprint density at radius 2 is 1.68 bits per heavy atom. The summed E-state index contributed by atoms with van der Waals surface area (Å²) in [5, 5.41) is 1.04. The highest BCUT2D eigenvalue weighted by atomic mass is 35.5. The quantitative estimate of drug-likeness (QED) is 0.668. The van der Waals surface area contributed by atoms with E-state index in [0.717, 1.165) is 5.56 Å². The number of nitrogens with zero attached hydrogens (tertiary/aromatic N) is 2. The number of hydrogen-bond donors (Lipinski definition) is 0. The summed E-state index contributed by atoms with van der Waals surface area (Å²) in [5.41, 5.74) is 1.41. The normalized spacial score (nSPS) is 15.9. The van der Waals surface area contributed by atoms with Crippen LogP contribution in [0.4, 0.5) is 0 Å². The minimum absolute atomic E-state index is 0.0328. The van der Waals surface area contributed by atoms with Crippen molar-refractivity contribution in [1.82, 2.24) is 9.21 Å². The molecule has 0 unspecified atom stereocenters. The van der Waals surface area contributed by atoms with Crippen LogP contribution in [0.5, 0.6) is 0 Å². The SMILES string of the molecule is O=C(/C=C/c1cc(Cl)ccc1Cl)N1CCN(S(=O)(=O)Cc2ccccc2)CC1. The maximum Gasteiger partial charge on any atom is 0.246 e. The van der Waals surface area contributed by atoms with E-state index >= 15 is 0 Å². The first kappa shape index (κ1) is 20.9. The molecule has 0 atom stereocenters. The fraction of sp³-hybridized carbons (Fsp3) is 0.250. The Kier molecular flexibility index (Phi) is 6.78. The molecule has 1 heterocycles. The first-order valence-electron chi connectivity index (χ1n) is 8.79. The summed E-state index contributed by atoms with van der Waals surface area (Å²) in [6.07, 6.45) is 3.06. The number of piperazine rings is 1. The van der Waals surface area contributed by atoms with Gasteiger partial charge in [-0.05, 0) is 35.4 Å². The first-order valence-corrected chi connectivity index (χ1v) is 11.2. The molecule has 0 spiro atoms. The van der Waals surface area contributed by atoms with Gasteiger partial charge in [0.05, 0.1) is 5.75 Å². The summed E-state index contributed by atoms with van der Waals surface area (Å²) in [7, 11) is -3.41. The third-order valence-electron chi connectivity index (χ3n) is 4.50. The van der Waals surface area contributed by atoms with Gasteiger partial charge >= 0.3 is 0 Å². The Hall–Kier alpha value is -1.86. The molecular formula is C20H20Cl2N2O3S. The smallest absolute Gasteiger partial charge is 0.246 e. The molecule has 8 heteroatoms. The minimum atomic E-state index is -3.41. The van der Waals surface area contributed by atoms with Gasteiger partial charge in [-0.25, -0.2) is 8.42 Å². The first-order chi connectivity index (χ1) is 13.3. The Morgan fingerprint density at radius 1 is 1.00 bits per heavy atom. The molecule has 1 aliphatic heterocycles. The second-order valence-corrected chi connectivity index (χ2v) is 9.28. The maximum absolute atomic E-state index is 12.6. The van der Waals surface area contributed by atoms with Crippen LogP contribution < -0.4 is 0 Å². The van der Waals surface area contributed by atoms with Crippen molar-refractivity contribution >= 4 is 45.2 Å². The molecule has 0 aromatic heterocycles. The summed E-state index contributed by atoms with van der Waals surface area (Å²) in [6.45, 7) is 1.26. The van der Waals surface area contributed by atoms with E-state index in [0.29, 0.717) is 28.7 Å². The number of sulfonamides is 1. The van der Waals surface area contributed by atoms with Gasteiger partial charge in [-0.2, -0.15) is 4.31 Å². The second kappa shape index (κ2) is 9.09. The molecule has 1 amide bonds. The van der Waals surface area contributed by atoms with Gasteiger partial charge in [0, 0.05) is 42.3 Å². The van der Waals surface area contributed by atoms with Gasteiger partial charge < -0.3 is 4.90 Å². The average Bonchev–Trinajstić information content (AvgIpc) is 2.69. The third-order valence-corrected chi connectivity index (χ3v) is 6.93. The summed E-state index contributed by atoms with van der Waals surface area (Å²) in [4.78, 5) is 14.0. The fourth-order valence-corrected chi connectivity index (χ4v) is 4.85. The van der Waals surface area contributed by atoms with Gasteiger partial charge in [-0.1, -0.05) is 53.5 Å². The number of hydrogen-bond acceptors (Lipinski definition) is 3. The van der Waals surface area contributed by atoms with Gasteiger partial charge in [0.2, 0.25) is 15.9 Å². The van der Waals surface area contributed by atoms with Crippen LogP contribution in [0.15, 0.2) is 54.6 Å². The number of amides is 1. The molecule has 0 bridgehead atoms. The Balaban J connectivity index is 1.58. The lowest BCUT2D eigenvalue weighted by Gasteiger charge is -2.33. The van der Waals surface area contributed by atoms with Crippen LogP contribution in [0, 0.1) is 0 Å². The van der Waals surface area contributed by atoms with Gasteiger partial charge in [0.1, 0.15) is 0 Å². The molecule has 0 saturated carbocycles. The zero-order valence-electron chi connectivity index (χ0n) is 15.1. The number of benzene rings is 2. The van der Waals surface area contributed by atoms with Crippen molar-refractivity contribution in [3.05, 3.63) is 75.8 Å². The molecular weight excluding hydrogens is 419 g/mol. The lowest BCUT2D eigenvalue weighted by molar-refractivity contribution is -0.127. The van der Waals surface area contributed by atoms with Gasteiger partial charge in [-0.15, -0.1) is 0 Å². The molecule has 0 radical (unpaired) electrons. The van der Waals surface area contributed by atoms with Crippen molar-refractivity contribution in [3.63, 3.8) is 0 Å². The van der Waals surface area contributed by atoms with E-state index in [1.54, 1.807) is 41.3 Å².